The van der Waals surface area contributed by atoms with Crippen molar-refractivity contribution in [3.05, 3.63) is 72.1 Å². The minimum Gasteiger partial charge on any atom is -0.340 e. The van der Waals surface area contributed by atoms with Crippen LogP contribution in [0.3, 0.4) is 0 Å². The lowest BCUT2D eigenvalue weighted by Crippen LogP contribution is -2.32. The van der Waals surface area contributed by atoms with Crippen LogP contribution in [0.25, 0.3) is 11.4 Å². The van der Waals surface area contributed by atoms with Gasteiger partial charge in [-0.25, -0.2) is 0 Å². The first-order valence-corrected chi connectivity index (χ1v) is 7.90. The SMILES string of the molecule is CC(C)[C@@H](NC(=O)c1ccccc1)c1nc(-c2ccccc2)no1. The molecule has 3 rings (SSSR count). The number of hydrogen-bond donors (Lipinski definition) is 1. The molecule has 1 atom stereocenters. The molecular formula is C19H19N3O2. The number of aromatic nitrogens is 2. The summed E-state index contributed by atoms with van der Waals surface area (Å²) in [6.45, 7) is 4.00. The van der Waals surface area contributed by atoms with Crippen LogP contribution in [0.1, 0.15) is 36.1 Å². The maximum absolute atomic E-state index is 12.4. The van der Waals surface area contributed by atoms with Gasteiger partial charge in [-0.15, -0.1) is 0 Å². The van der Waals surface area contributed by atoms with Crippen LogP contribution in [0, 0.1) is 5.92 Å². The maximum Gasteiger partial charge on any atom is 0.251 e. The first-order valence-electron chi connectivity index (χ1n) is 7.90. The minimum atomic E-state index is -0.345. The molecule has 0 spiro atoms. The van der Waals surface area contributed by atoms with Crippen molar-refractivity contribution in [2.45, 2.75) is 19.9 Å². The Balaban J connectivity index is 1.82. The Bertz CT molecular complexity index is 798. The Morgan fingerprint density at radius 2 is 1.62 bits per heavy atom. The number of carbonyl (C=O) groups excluding carboxylic acids is 1. The second-order valence-corrected chi connectivity index (χ2v) is 5.88. The van der Waals surface area contributed by atoms with Gasteiger partial charge < -0.3 is 9.84 Å². The smallest absolute Gasteiger partial charge is 0.251 e. The fraction of sp³-hybridized carbons (Fsp3) is 0.211. The lowest BCUT2D eigenvalue weighted by atomic mass is 10.0. The molecule has 0 aliphatic heterocycles. The van der Waals surface area contributed by atoms with Crippen molar-refractivity contribution in [1.29, 1.82) is 0 Å². The van der Waals surface area contributed by atoms with Gasteiger partial charge in [0.05, 0.1) is 0 Å². The summed E-state index contributed by atoms with van der Waals surface area (Å²) in [6.07, 6.45) is 0. The molecule has 0 fully saturated rings. The summed E-state index contributed by atoms with van der Waals surface area (Å²) in [5.74, 6) is 0.883. The van der Waals surface area contributed by atoms with Crippen LogP contribution < -0.4 is 5.32 Å². The quantitative estimate of drug-likeness (QED) is 0.774. The number of rotatable bonds is 5. The Kier molecular flexibility index (Phi) is 4.70. The maximum atomic E-state index is 12.4. The lowest BCUT2D eigenvalue weighted by molar-refractivity contribution is 0.0914. The van der Waals surface area contributed by atoms with Crippen molar-refractivity contribution in [2.75, 3.05) is 0 Å². The molecule has 0 aliphatic rings. The zero-order valence-electron chi connectivity index (χ0n) is 13.6. The molecule has 3 aromatic rings. The summed E-state index contributed by atoms with van der Waals surface area (Å²) in [6, 6.07) is 18.4. The molecule has 1 aromatic heterocycles. The molecule has 0 aliphatic carbocycles. The summed E-state index contributed by atoms with van der Waals surface area (Å²) in [5, 5.41) is 7.01. The van der Waals surface area contributed by atoms with Gasteiger partial charge in [-0.3, -0.25) is 4.79 Å². The third-order valence-corrected chi connectivity index (χ3v) is 3.73. The van der Waals surface area contributed by atoms with Crippen LogP contribution in [0.15, 0.2) is 65.2 Å². The van der Waals surface area contributed by atoms with Crippen molar-refractivity contribution in [1.82, 2.24) is 15.5 Å². The van der Waals surface area contributed by atoms with E-state index in [9.17, 15) is 4.79 Å². The van der Waals surface area contributed by atoms with Gasteiger partial charge in [0.2, 0.25) is 11.7 Å². The molecule has 0 saturated heterocycles. The Morgan fingerprint density at radius 3 is 2.25 bits per heavy atom. The average Bonchev–Trinajstić information content (AvgIpc) is 3.10. The molecular weight excluding hydrogens is 302 g/mol. The van der Waals surface area contributed by atoms with E-state index in [-0.39, 0.29) is 17.9 Å². The van der Waals surface area contributed by atoms with Gasteiger partial charge in [0.25, 0.3) is 5.91 Å². The molecule has 1 N–H and O–H groups in total. The largest absolute Gasteiger partial charge is 0.340 e. The Labute approximate surface area is 140 Å². The van der Waals surface area contributed by atoms with Crippen molar-refractivity contribution >= 4 is 5.91 Å². The second-order valence-electron chi connectivity index (χ2n) is 5.88. The Morgan fingerprint density at radius 1 is 1.00 bits per heavy atom. The second kappa shape index (κ2) is 7.08. The molecule has 0 saturated carbocycles. The van der Waals surface area contributed by atoms with E-state index in [0.717, 1.165) is 5.56 Å². The zero-order chi connectivity index (χ0) is 16.9. The first-order chi connectivity index (χ1) is 11.6. The van der Waals surface area contributed by atoms with E-state index in [2.05, 4.69) is 15.5 Å². The lowest BCUT2D eigenvalue weighted by Gasteiger charge is -2.18. The molecule has 24 heavy (non-hydrogen) atoms. The number of carbonyl (C=O) groups is 1. The summed E-state index contributed by atoms with van der Waals surface area (Å²) in [7, 11) is 0. The number of amides is 1. The van der Waals surface area contributed by atoms with E-state index >= 15 is 0 Å². The number of nitrogens with zero attached hydrogens (tertiary/aromatic N) is 2. The van der Waals surface area contributed by atoms with Crippen LogP contribution in [-0.2, 0) is 0 Å². The molecule has 1 heterocycles. The van der Waals surface area contributed by atoms with E-state index in [1.54, 1.807) is 12.1 Å². The van der Waals surface area contributed by atoms with E-state index < -0.39 is 0 Å². The van der Waals surface area contributed by atoms with Crippen LogP contribution >= 0.6 is 0 Å². The van der Waals surface area contributed by atoms with Crippen LogP contribution in [0.2, 0.25) is 0 Å². The Hall–Kier alpha value is -2.95. The molecule has 5 heteroatoms. The third kappa shape index (κ3) is 3.51. The van der Waals surface area contributed by atoms with Crippen molar-refractivity contribution in [2.24, 2.45) is 5.92 Å². The third-order valence-electron chi connectivity index (χ3n) is 3.73. The monoisotopic (exact) mass is 321 g/mol. The summed E-state index contributed by atoms with van der Waals surface area (Å²) < 4.78 is 5.40. The fourth-order valence-electron chi connectivity index (χ4n) is 2.39. The first kappa shape index (κ1) is 15.9. The molecule has 2 aromatic carbocycles. The predicted molar refractivity (Wildman–Crippen MR) is 91.2 cm³/mol. The molecule has 1 amide bonds. The molecule has 0 bridgehead atoms. The zero-order valence-corrected chi connectivity index (χ0v) is 13.6. The van der Waals surface area contributed by atoms with Gasteiger partial charge >= 0.3 is 0 Å². The van der Waals surface area contributed by atoms with Gasteiger partial charge in [0, 0.05) is 11.1 Å². The predicted octanol–water partition coefficient (Wildman–Crippen LogP) is 3.86. The molecule has 122 valence electrons. The number of nitrogens with one attached hydrogen (secondary N) is 1. The number of benzene rings is 2. The number of hydrogen-bond acceptors (Lipinski definition) is 4. The summed E-state index contributed by atoms with van der Waals surface area (Å²) >= 11 is 0. The highest BCUT2D eigenvalue weighted by Crippen LogP contribution is 2.23. The van der Waals surface area contributed by atoms with Gasteiger partial charge in [-0.2, -0.15) is 4.98 Å². The topological polar surface area (TPSA) is 68.0 Å². The van der Waals surface area contributed by atoms with Crippen molar-refractivity contribution < 1.29 is 9.32 Å². The minimum absolute atomic E-state index is 0.113. The van der Waals surface area contributed by atoms with Crippen LogP contribution in [0.5, 0.6) is 0 Å². The van der Waals surface area contributed by atoms with E-state index in [1.165, 1.54) is 0 Å². The van der Waals surface area contributed by atoms with Crippen LogP contribution in [-0.4, -0.2) is 16.0 Å². The molecule has 5 nitrogen and oxygen atoms in total. The van der Waals surface area contributed by atoms with Gasteiger partial charge in [0.15, 0.2) is 0 Å². The van der Waals surface area contributed by atoms with Crippen molar-refractivity contribution in [3.63, 3.8) is 0 Å². The summed E-state index contributed by atoms with van der Waals surface area (Å²) in [4.78, 5) is 16.9. The van der Waals surface area contributed by atoms with Gasteiger partial charge in [-0.05, 0) is 18.1 Å². The van der Waals surface area contributed by atoms with E-state index in [4.69, 9.17) is 4.52 Å². The highest BCUT2D eigenvalue weighted by Gasteiger charge is 2.25. The fourth-order valence-corrected chi connectivity index (χ4v) is 2.39. The normalized spacial score (nSPS) is 12.1. The average molecular weight is 321 g/mol. The van der Waals surface area contributed by atoms with Crippen LogP contribution in [0.4, 0.5) is 0 Å². The standard InChI is InChI=1S/C19H19N3O2/c1-13(2)16(20-18(23)15-11-7-4-8-12-15)19-21-17(22-24-19)14-9-5-3-6-10-14/h3-13,16H,1-2H3,(H,20,23)/t16-/m1/s1. The van der Waals surface area contributed by atoms with Gasteiger partial charge in [0.1, 0.15) is 6.04 Å². The summed E-state index contributed by atoms with van der Waals surface area (Å²) in [5.41, 5.74) is 1.48. The van der Waals surface area contributed by atoms with Crippen molar-refractivity contribution in [3.8, 4) is 11.4 Å². The highest BCUT2D eigenvalue weighted by molar-refractivity contribution is 5.94. The van der Waals surface area contributed by atoms with E-state index in [0.29, 0.717) is 17.3 Å². The highest BCUT2D eigenvalue weighted by atomic mass is 16.5. The van der Waals surface area contributed by atoms with E-state index in [1.807, 2.05) is 62.4 Å². The molecule has 0 unspecified atom stereocenters. The van der Waals surface area contributed by atoms with Gasteiger partial charge in [-0.1, -0.05) is 67.5 Å². The molecule has 0 radical (unpaired) electrons.